The molecule has 1 aromatic heterocycles. The Morgan fingerprint density at radius 2 is 2.11 bits per heavy atom. The summed E-state index contributed by atoms with van der Waals surface area (Å²) < 4.78 is 5.05. The molecule has 0 bridgehead atoms. The topological polar surface area (TPSA) is 72.0 Å². The fraction of sp³-hybridized carbons (Fsp3) is 0.615. The third kappa shape index (κ3) is 5.92. The van der Waals surface area contributed by atoms with E-state index in [1.54, 1.807) is 0 Å². The van der Waals surface area contributed by atoms with Crippen LogP contribution in [0.15, 0.2) is 16.0 Å². The van der Waals surface area contributed by atoms with Crippen LogP contribution in [0.4, 0.5) is 0 Å². The molecule has 0 unspecified atom stereocenters. The summed E-state index contributed by atoms with van der Waals surface area (Å²) in [6.45, 7) is 8.30. The number of H-pyrrole nitrogens is 1. The summed E-state index contributed by atoms with van der Waals surface area (Å²) in [6.07, 6.45) is 0. The van der Waals surface area contributed by atoms with Gasteiger partial charge in [0.05, 0.1) is 18.1 Å². The predicted molar refractivity (Wildman–Crippen MR) is 75.5 cm³/mol. The van der Waals surface area contributed by atoms with Crippen LogP contribution in [0, 0.1) is 5.92 Å². The van der Waals surface area contributed by atoms with Crippen LogP contribution in [0.5, 0.6) is 0 Å². The third-order valence-electron chi connectivity index (χ3n) is 2.24. The highest BCUT2D eigenvalue weighted by molar-refractivity contribution is 7.99. The van der Waals surface area contributed by atoms with Crippen molar-refractivity contribution in [1.82, 2.24) is 9.97 Å². The molecule has 19 heavy (non-hydrogen) atoms. The van der Waals surface area contributed by atoms with Crippen LogP contribution >= 0.6 is 11.8 Å². The van der Waals surface area contributed by atoms with Crippen LogP contribution in [-0.4, -0.2) is 28.3 Å². The quantitative estimate of drug-likeness (QED) is 0.492. The van der Waals surface area contributed by atoms with Gasteiger partial charge < -0.3 is 9.72 Å². The molecule has 5 nitrogen and oxygen atoms in total. The minimum absolute atomic E-state index is 0.150. The van der Waals surface area contributed by atoms with Crippen LogP contribution in [0.25, 0.3) is 0 Å². The van der Waals surface area contributed by atoms with Gasteiger partial charge >= 0.3 is 5.97 Å². The van der Waals surface area contributed by atoms with Crippen molar-refractivity contribution in [2.24, 2.45) is 5.92 Å². The molecular weight excluding hydrogens is 264 g/mol. The second kappa shape index (κ2) is 7.33. The lowest BCUT2D eigenvalue weighted by molar-refractivity contribution is -0.141. The van der Waals surface area contributed by atoms with E-state index in [1.165, 1.54) is 17.8 Å². The Labute approximate surface area is 117 Å². The minimum atomic E-state index is -0.295. The van der Waals surface area contributed by atoms with E-state index in [-0.39, 0.29) is 23.2 Å². The van der Waals surface area contributed by atoms with Gasteiger partial charge in [-0.1, -0.05) is 39.5 Å². The highest BCUT2D eigenvalue weighted by atomic mass is 32.2. The Morgan fingerprint density at radius 3 is 2.68 bits per heavy atom. The molecule has 1 aromatic rings. The lowest BCUT2D eigenvalue weighted by Crippen LogP contribution is -2.14. The number of aromatic nitrogens is 2. The summed E-state index contributed by atoms with van der Waals surface area (Å²) in [5.74, 6) is 0.346. The largest absolute Gasteiger partial charge is 0.465 e. The maximum atomic E-state index is 11.5. The SMILES string of the molecule is CC(C)COC(=O)CSc1nc(C(C)C)cc(=O)[nH]1. The van der Waals surface area contributed by atoms with Crippen molar-refractivity contribution < 1.29 is 9.53 Å². The van der Waals surface area contributed by atoms with Crippen molar-refractivity contribution in [1.29, 1.82) is 0 Å². The van der Waals surface area contributed by atoms with E-state index in [0.29, 0.717) is 17.7 Å². The van der Waals surface area contributed by atoms with Crippen molar-refractivity contribution in [3.8, 4) is 0 Å². The molecule has 0 amide bonds. The van der Waals surface area contributed by atoms with Crippen molar-refractivity contribution in [3.05, 3.63) is 22.1 Å². The molecule has 0 aliphatic rings. The normalized spacial score (nSPS) is 11.1. The van der Waals surface area contributed by atoms with E-state index < -0.39 is 0 Å². The number of esters is 1. The molecule has 0 fully saturated rings. The maximum Gasteiger partial charge on any atom is 0.316 e. The average molecular weight is 284 g/mol. The van der Waals surface area contributed by atoms with E-state index >= 15 is 0 Å². The molecule has 0 radical (unpaired) electrons. The molecule has 106 valence electrons. The van der Waals surface area contributed by atoms with E-state index in [2.05, 4.69) is 9.97 Å². The molecule has 0 aromatic carbocycles. The second-order valence-electron chi connectivity index (χ2n) is 5.00. The van der Waals surface area contributed by atoms with E-state index in [4.69, 9.17) is 4.74 Å². The molecule has 0 saturated carbocycles. The highest BCUT2D eigenvalue weighted by Gasteiger charge is 2.09. The third-order valence-corrected chi connectivity index (χ3v) is 3.08. The zero-order valence-corrected chi connectivity index (χ0v) is 12.5. The smallest absolute Gasteiger partial charge is 0.316 e. The predicted octanol–water partition coefficient (Wildman–Crippen LogP) is 2.18. The van der Waals surface area contributed by atoms with Crippen LogP contribution in [0.2, 0.25) is 0 Å². The first kappa shape index (κ1) is 15.8. The molecule has 6 heteroatoms. The summed E-state index contributed by atoms with van der Waals surface area (Å²) in [7, 11) is 0. The molecule has 0 atom stereocenters. The van der Waals surface area contributed by atoms with Crippen LogP contribution < -0.4 is 5.56 Å². The molecule has 1 rings (SSSR count). The lowest BCUT2D eigenvalue weighted by Gasteiger charge is -2.08. The number of thioether (sulfide) groups is 1. The molecule has 0 aliphatic carbocycles. The number of rotatable bonds is 6. The summed E-state index contributed by atoms with van der Waals surface area (Å²) >= 11 is 1.18. The van der Waals surface area contributed by atoms with E-state index in [9.17, 15) is 9.59 Å². The first-order valence-corrected chi connectivity index (χ1v) is 7.26. The zero-order chi connectivity index (χ0) is 14.4. The fourth-order valence-corrected chi connectivity index (χ4v) is 1.93. The first-order chi connectivity index (χ1) is 8.88. The number of hydrogen-bond donors (Lipinski definition) is 1. The van der Waals surface area contributed by atoms with Gasteiger partial charge in [0, 0.05) is 6.07 Å². The van der Waals surface area contributed by atoms with Gasteiger partial charge in [0.2, 0.25) is 0 Å². The van der Waals surface area contributed by atoms with Crippen molar-refractivity contribution in [2.75, 3.05) is 12.4 Å². The van der Waals surface area contributed by atoms with Gasteiger partial charge in [-0.25, -0.2) is 4.98 Å². The molecule has 0 aliphatic heterocycles. The Balaban J connectivity index is 2.58. The van der Waals surface area contributed by atoms with Gasteiger partial charge in [-0.2, -0.15) is 0 Å². The summed E-state index contributed by atoms with van der Waals surface area (Å²) in [5.41, 5.74) is 0.526. The number of carbonyl (C=O) groups excluding carboxylic acids is 1. The number of nitrogens with one attached hydrogen (secondary N) is 1. The van der Waals surface area contributed by atoms with Gasteiger partial charge in [0.15, 0.2) is 5.16 Å². The highest BCUT2D eigenvalue weighted by Crippen LogP contribution is 2.15. The molecular formula is C13H20N2O3S. The lowest BCUT2D eigenvalue weighted by atomic mass is 10.1. The van der Waals surface area contributed by atoms with Gasteiger partial charge in [0.25, 0.3) is 5.56 Å². The summed E-state index contributed by atoms with van der Waals surface area (Å²) in [6, 6.07) is 1.48. The Morgan fingerprint density at radius 1 is 1.42 bits per heavy atom. The molecule has 1 N–H and O–H groups in total. The van der Waals surface area contributed by atoms with Gasteiger partial charge in [-0.3, -0.25) is 9.59 Å². The number of hydrogen-bond acceptors (Lipinski definition) is 5. The monoisotopic (exact) mass is 284 g/mol. The standard InChI is InChI=1S/C13H20N2O3S/c1-8(2)6-18-12(17)7-19-13-14-10(9(3)4)5-11(16)15-13/h5,8-9H,6-7H2,1-4H3,(H,14,15,16). The number of ether oxygens (including phenoxy) is 1. The van der Waals surface area contributed by atoms with E-state index in [1.807, 2.05) is 27.7 Å². The minimum Gasteiger partial charge on any atom is -0.465 e. The Hall–Kier alpha value is -1.30. The zero-order valence-electron chi connectivity index (χ0n) is 11.7. The fourth-order valence-electron chi connectivity index (χ4n) is 1.25. The second-order valence-corrected chi connectivity index (χ2v) is 5.96. The Kier molecular flexibility index (Phi) is 6.08. The maximum absolute atomic E-state index is 11.5. The number of carbonyl (C=O) groups is 1. The summed E-state index contributed by atoms with van der Waals surface area (Å²) in [5, 5.41) is 0.456. The Bertz CT molecular complexity index is 483. The molecule has 0 saturated heterocycles. The average Bonchev–Trinajstić information content (AvgIpc) is 2.33. The van der Waals surface area contributed by atoms with Crippen LogP contribution in [0.1, 0.15) is 39.3 Å². The first-order valence-electron chi connectivity index (χ1n) is 6.28. The van der Waals surface area contributed by atoms with Crippen molar-refractivity contribution >= 4 is 17.7 Å². The van der Waals surface area contributed by atoms with Crippen molar-refractivity contribution in [2.45, 2.75) is 38.8 Å². The molecule has 0 spiro atoms. The van der Waals surface area contributed by atoms with Crippen molar-refractivity contribution in [3.63, 3.8) is 0 Å². The number of nitrogens with zero attached hydrogens (tertiary/aromatic N) is 1. The summed E-state index contributed by atoms with van der Waals surface area (Å²) in [4.78, 5) is 29.8. The number of aromatic amines is 1. The van der Waals surface area contributed by atoms with Gasteiger partial charge in [0.1, 0.15) is 0 Å². The van der Waals surface area contributed by atoms with Crippen LogP contribution in [0.3, 0.4) is 0 Å². The van der Waals surface area contributed by atoms with Gasteiger partial charge in [-0.15, -0.1) is 0 Å². The van der Waals surface area contributed by atoms with E-state index in [0.717, 1.165) is 5.69 Å². The van der Waals surface area contributed by atoms with Gasteiger partial charge in [-0.05, 0) is 11.8 Å². The van der Waals surface area contributed by atoms with Crippen LogP contribution in [-0.2, 0) is 9.53 Å². The molecule has 1 heterocycles.